The van der Waals surface area contributed by atoms with Crippen LogP contribution in [-0.2, 0) is 0 Å². The number of anilines is 1. The maximum absolute atomic E-state index is 8.54. The number of hydrogen-bond acceptors (Lipinski definition) is 8. The van der Waals surface area contributed by atoms with Gasteiger partial charge in [-0.3, -0.25) is 0 Å². The van der Waals surface area contributed by atoms with E-state index in [1.54, 1.807) is 12.1 Å². The van der Waals surface area contributed by atoms with Gasteiger partial charge in [-0.05, 0) is 22.6 Å². The average Bonchev–Trinajstić information content (AvgIpc) is 2.88. The molecular formula is C11H10ClN7O2. The lowest BCUT2D eigenvalue weighted by molar-refractivity contribution is 0.330. The van der Waals surface area contributed by atoms with Crippen molar-refractivity contribution >= 4 is 23.8 Å². The van der Waals surface area contributed by atoms with Gasteiger partial charge in [0.25, 0.3) is 5.95 Å². The van der Waals surface area contributed by atoms with E-state index in [-0.39, 0.29) is 17.6 Å². The Kier molecular flexibility index (Phi) is 4.53. The first kappa shape index (κ1) is 14.5. The SMILES string of the molecule is COc1cc(C=Nn2nnnc2N)cc(Cl)c1OCC#N. The van der Waals surface area contributed by atoms with E-state index >= 15 is 0 Å². The fraction of sp³-hybridized carbons (Fsp3) is 0.182. The van der Waals surface area contributed by atoms with Crippen LogP contribution in [0, 0.1) is 11.3 Å². The van der Waals surface area contributed by atoms with Crippen LogP contribution in [0.4, 0.5) is 5.95 Å². The third-order valence-corrected chi connectivity index (χ3v) is 2.61. The topological polar surface area (TPSA) is 124 Å². The molecule has 108 valence electrons. The third-order valence-electron chi connectivity index (χ3n) is 2.33. The van der Waals surface area contributed by atoms with Crippen LogP contribution in [0.25, 0.3) is 0 Å². The Balaban J connectivity index is 2.30. The van der Waals surface area contributed by atoms with Crippen molar-refractivity contribution in [3.63, 3.8) is 0 Å². The number of nitrogens with zero attached hydrogens (tertiary/aromatic N) is 6. The summed E-state index contributed by atoms with van der Waals surface area (Å²) in [5, 5.41) is 23.2. The number of hydrogen-bond donors (Lipinski definition) is 1. The molecule has 0 bridgehead atoms. The number of ether oxygens (including phenoxy) is 2. The van der Waals surface area contributed by atoms with Gasteiger partial charge in [-0.15, -0.1) is 0 Å². The van der Waals surface area contributed by atoms with Gasteiger partial charge in [0.15, 0.2) is 18.1 Å². The Bertz CT molecular complexity index is 707. The van der Waals surface area contributed by atoms with Gasteiger partial charge in [-0.1, -0.05) is 21.5 Å². The Hall–Kier alpha value is -2.86. The van der Waals surface area contributed by atoms with Gasteiger partial charge in [0, 0.05) is 5.56 Å². The molecule has 9 nitrogen and oxygen atoms in total. The predicted octanol–water partition coefficient (Wildman–Crippen LogP) is 0.702. The first-order chi connectivity index (χ1) is 10.2. The van der Waals surface area contributed by atoms with Gasteiger partial charge in [-0.2, -0.15) is 10.4 Å². The minimum atomic E-state index is -0.134. The zero-order chi connectivity index (χ0) is 15.2. The fourth-order valence-electron chi connectivity index (χ4n) is 1.45. The molecule has 0 atom stereocenters. The lowest BCUT2D eigenvalue weighted by atomic mass is 10.2. The molecule has 0 aliphatic heterocycles. The summed E-state index contributed by atoms with van der Waals surface area (Å²) in [5.74, 6) is 0.724. The highest BCUT2D eigenvalue weighted by atomic mass is 35.5. The van der Waals surface area contributed by atoms with Crippen molar-refractivity contribution < 1.29 is 9.47 Å². The van der Waals surface area contributed by atoms with E-state index < -0.39 is 0 Å². The van der Waals surface area contributed by atoms with Gasteiger partial charge in [0.1, 0.15) is 6.07 Å². The van der Waals surface area contributed by atoms with E-state index in [4.69, 9.17) is 32.1 Å². The number of tetrazole rings is 1. The summed E-state index contributed by atoms with van der Waals surface area (Å²) in [5.41, 5.74) is 6.10. The van der Waals surface area contributed by atoms with E-state index in [2.05, 4.69) is 20.6 Å². The normalized spacial score (nSPS) is 10.5. The Morgan fingerprint density at radius 3 is 3.00 bits per heavy atom. The summed E-state index contributed by atoms with van der Waals surface area (Å²) in [7, 11) is 1.46. The molecule has 0 unspecified atom stereocenters. The molecule has 0 amide bonds. The standard InChI is InChI=1S/C11H10ClN7O2/c1-20-9-5-7(4-8(12)10(9)21-3-2-13)6-15-19-11(14)16-17-18-19/h4-6H,3H2,1H3,(H2,14,16,18). The molecule has 2 N–H and O–H groups in total. The molecule has 2 aromatic rings. The van der Waals surface area contributed by atoms with Crippen molar-refractivity contribution in [2.24, 2.45) is 5.10 Å². The number of methoxy groups -OCH3 is 1. The van der Waals surface area contributed by atoms with Gasteiger partial charge in [0.2, 0.25) is 0 Å². The average molecular weight is 308 g/mol. The van der Waals surface area contributed by atoms with E-state index in [1.807, 2.05) is 6.07 Å². The van der Waals surface area contributed by atoms with E-state index in [0.717, 1.165) is 4.79 Å². The molecular weight excluding hydrogens is 298 g/mol. The zero-order valence-corrected chi connectivity index (χ0v) is 11.7. The van der Waals surface area contributed by atoms with Crippen LogP contribution in [0.5, 0.6) is 11.5 Å². The summed E-state index contributed by atoms with van der Waals surface area (Å²) in [6, 6.07) is 5.10. The minimum Gasteiger partial charge on any atom is -0.493 e. The zero-order valence-electron chi connectivity index (χ0n) is 10.9. The second kappa shape index (κ2) is 6.53. The van der Waals surface area contributed by atoms with Crippen LogP contribution < -0.4 is 15.2 Å². The molecule has 21 heavy (non-hydrogen) atoms. The number of nitrogens with two attached hydrogens (primary N) is 1. The molecule has 0 saturated carbocycles. The van der Waals surface area contributed by atoms with Crippen molar-refractivity contribution in [1.29, 1.82) is 5.26 Å². The Morgan fingerprint density at radius 2 is 2.38 bits per heavy atom. The number of halogens is 1. The van der Waals surface area contributed by atoms with E-state index in [1.165, 1.54) is 13.3 Å². The highest BCUT2D eigenvalue weighted by Crippen LogP contribution is 2.35. The number of nitriles is 1. The molecule has 2 rings (SSSR count). The van der Waals surface area contributed by atoms with Crippen molar-refractivity contribution in [2.45, 2.75) is 0 Å². The van der Waals surface area contributed by atoms with Crippen molar-refractivity contribution in [2.75, 3.05) is 19.5 Å². The maximum Gasteiger partial charge on any atom is 0.263 e. The molecule has 0 fully saturated rings. The van der Waals surface area contributed by atoms with Crippen LogP contribution in [0.1, 0.15) is 5.56 Å². The Labute approximate surface area is 124 Å². The van der Waals surface area contributed by atoms with Gasteiger partial charge in [-0.25, -0.2) is 0 Å². The van der Waals surface area contributed by atoms with E-state index in [9.17, 15) is 0 Å². The van der Waals surface area contributed by atoms with Crippen LogP contribution in [0.3, 0.4) is 0 Å². The summed E-state index contributed by atoms with van der Waals surface area (Å²) >= 11 is 6.09. The van der Waals surface area contributed by atoms with Crippen LogP contribution in [0.15, 0.2) is 17.2 Å². The second-order valence-corrected chi connectivity index (χ2v) is 4.06. The molecule has 0 aliphatic carbocycles. The molecule has 10 heteroatoms. The number of benzene rings is 1. The monoisotopic (exact) mass is 307 g/mol. The van der Waals surface area contributed by atoms with Crippen LogP contribution in [0.2, 0.25) is 5.02 Å². The molecule has 0 aliphatic rings. The number of nitrogen functional groups attached to an aromatic ring is 1. The lowest BCUT2D eigenvalue weighted by Gasteiger charge is -2.10. The highest BCUT2D eigenvalue weighted by molar-refractivity contribution is 6.32. The van der Waals surface area contributed by atoms with Crippen molar-refractivity contribution in [3.05, 3.63) is 22.7 Å². The van der Waals surface area contributed by atoms with Gasteiger partial charge < -0.3 is 15.2 Å². The Morgan fingerprint density at radius 1 is 1.57 bits per heavy atom. The maximum atomic E-state index is 8.54. The molecule has 0 radical (unpaired) electrons. The summed E-state index contributed by atoms with van der Waals surface area (Å²) in [6.07, 6.45) is 1.45. The molecule has 1 aromatic carbocycles. The van der Waals surface area contributed by atoms with Crippen LogP contribution >= 0.6 is 11.6 Å². The van der Waals surface area contributed by atoms with Gasteiger partial charge >= 0.3 is 0 Å². The number of rotatable bonds is 5. The van der Waals surface area contributed by atoms with E-state index in [0.29, 0.717) is 17.1 Å². The summed E-state index contributed by atoms with van der Waals surface area (Å²) in [4.78, 5) is 1.06. The number of aromatic nitrogens is 4. The third kappa shape index (κ3) is 3.37. The largest absolute Gasteiger partial charge is 0.493 e. The molecule has 0 saturated heterocycles. The first-order valence-electron chi connectivity index (χ1n) is 5.61. The summed E-state index contributed by atoms with van der Waals surface area (Å²) < 4.78 is 10.4. The molecule has 1 heterocycles. The second-order valence-electron chi connectivity index (χ2n) is 3.65. The smallest absolute Gasteiger partial charge is 0.263 e. The lowest BCUT2D eigenvalue weighted by Crippen LogP contribution is -2.01. The predicted molar refractivity (Wildman–Crippen MR) is 74.3 cm³/mol. The molecule has 1 aromatic heterocycles. The minimum absolute atomic E-state index is 0.0540. The highest BCUT2D eigenvalue weighted by Gasteiger charge is 2.11. The molecule has 0 spiro atoms. The van der Waals surface area contributed by atoms with Crippen molar-refractivity contribution in [3.8, 4) is 17.6 Å². The van der Waals surface area contributed by atoms with Crippen LogP contribution in [-0.4, -0.2) is 40.2 Å². The van der Waals surface area contributed by atoms with Crippen molar-refractivity contribution in [1.82, 2.24) is 20.3 Å². The first-order valence-corrected chi connectivity index (χ1v) is 5.99. The quantitative estimate of drug-likeness (QED) is 0.806. The fourth-order valence-corrected chi connectivity index (χ4v) is 1.73. The van der Waals surface area contributed by atoms with Gasteiger partial charge in [0.05, 0.1) is 18.3 Å². The summed E-state index contributed by atoms with van der Waals surface area (Å²) in [6.45, 7) is -0.134.